The second-order valence-electron chi connectivity index (χ2n) is 7.73. The van der Waals surface area contributed by atoms with Gasteiger partial charge in [-0.25, -0.2) is 9.97 Å². The molecule has 3 heterocycles. The standard InChI is InChI=1S/C24H27N7O2/c1-18(32)26-11-12-27-21-17-22(29-23(28-21)19-5-3-2-4-6-19)30-13-15-31(16-14-30)24(33)20-7-9-25-10-8-20/h2-10,17H,11-16H2,1H3,(H,26,32)(H,27,28,29). The SMILES string of the molecule is CC(=O)NCCNc1cc(N2CCN(C(=O)c3ccncc3)CC2)nc(-c2ccccc2)n1. The zero-order valence-corrected chi connectivity index (χ0v) is 18.6. The number of benzene rings is 1. The normalized spacial score (nSPS) is 13.5. The van der Waals surface area contributed by atoms with Crippen molar-refractivity contribution in [2.24, 2.45) is 0 Å². The van der Waals surface area contributed by atoms with Crippen molar-refractivity contribution in [1.29, 1.82) is 0 Å². The minimum absolute atomic E-state index is 0.0186. The monoisotopic (exact) mass is 445 g/mol. The fourth-order valence-corrected chi connectivity index (χ4v) is 3.65. The molecule has 2 aromatic heterocycles. The van der Waals surface area contributed by atoms with Crippen LogP contribution in [0.3, 0.4) is 0 Å². The molecule has 4 rings (SSSR count). The molecule has 1 aliphatic rings. The molecule has 9 nitrogen and oxygen atoms in total. The zero-order valence-electron chi connectivity index (χ0n) is 18.6. The van der Waals surface area contributed by atoms with Crippen LogP contribution < -0.4 is 15.5 Å². The van der Waals surface area contributed by atoms with Crippen molar-refractivity contribution in [2.75, 3.05) is 49.5 Å². The molecule has 33 heavy (non-hydrogen) atoms. The Bertz CT molecular complexity index is 1080. The van der Waals surface area contributed by atoms with Crippen LogP contribution in [-0.2, 0) is 4.79 Å². The molecule has 0 spiro atoms. The van der Waals surface area contributed by atoms with Gasteiger partial charge in [0.25, 0.3) is 5.91 Å². The molecule has 0 aliphatic carbocycles. The summed E-state index contributed by atoms with van der Waals surface area (Å²) >= 11 is 0. The number of pyridine rings is 1. The van der Waals surface area contributed by atoms with Gasteiger partial charge in [-0.1, -0.05) is 30.3 Å². The Labute approximate surface area is 192 Å². The minimum atomic E-state index is -0.0654. The van der Waals surface area contributed by atoms with Gasteiger partial charge in [0.15, 0.2) is 5.82 Å². The van der Waals surface area contributed by atoms with Crippen LogP contribution >= 0.6 is 0 Å². The first-order valence-electron chi connectivity index (χ1n) is 11.0. The molecular formula is C24H27N7O2. The van der Waals surface area contributed by atoms with Gasteiger partial charge in [-0.2, -0.15) is 0 Å². The lowest BCUT2D eigenvalue weighted by Crippen LogP contribution is -2.49. The predicted molar refractivity (Wildman–Crippen MR) is 127 cm³/mol. The molecule has 0 bridgehead atoms. The minimum Gasteiger partial charge on any atom is -0.368 e. The average molecular weight is 446 g/mol. The number of aromatic nitrogens is 3. The number of carbonyl (C=O) groups is 2. The van der Waals surface area contributed by atoms with Crippen molar-refractivity contribution >= 4 is 23.5 Å². The van der Waals surface area contributed by atoms with Crippen LogP contribution in [0.4, 0.5) is 11.6 Å². The van der Waals surface area contributed by atoms with Crippen LogP contribution in [0.2, 0.25) is 0 Å². The number of nitrogens with one attached hydrogen (secondary N) is 2. The van der Waals surface area contributed by atoms with Gasteiger partial charge >= 0.3 is 0 Å². The quantitative estimate of drug-likeness (QED) is 0.537. The Balaban J connectivity index is 1.48. The van der Waals surface area contributed by atoms with Gasteiger partial charge in [-0.15, -0.1) is 0 Å². The van der Waals surface area contributed by atoms with Gasteiger partial charge in [-0.3, -0.25) is 14.6 Å². The van der Waals surface area contributed by atoms with Crippen molar-refractivity contribution in [3.8, 4) is 11.4 Å². The van der Waals surface area contributed by atoms with Crippen molar-refractivity contribution < 1.29 is 9.59 Å². The van der Waals surface area contributed by atoms with E-state index in [1.54, 1.807) is 24.5 Å². The van der Waals surface area contributed by atoms with Gasteiger partial charge < -0.3 is 20.4 Å². The maximum absolute atomic E-state index is 12.7. The third-order valence-corrected chi connectivity index (χ3v) is 5.37. The fraction of sp³-hybridized carbons (Fsp3) is 0.292. The molecule has 1 aliphatic heterocycles. The van der Waals surface area contributed by atoms with Crippen molar-refractivity contribution in [2.45, 2.75) is 6.92 Å². The second-order valence-corrected chi connectivity index (χ2v) is 7.73. The highest BCUT2D eigenvalue weighted by molar-refractivity contribution is 5.94. The molecule has 1 aromatic carbocycles. The van der Waals surface area contributed by atoms with Crippen LogP contribution in [-0.4, -0.2) is 70.9 Å². The van der Waals surface area contributed by atoms with Gasteiger partial charge in [0.05, 0.1) is 0 Å². The summed E-state index contributed by atoms with van der Waals surface area (Å²) in [5, 5.41) is 6.05. The molecular weight excluding hydrogens is 418 g/mol. The maximum atomic E-state index is 12.7. The van der Waals surface area contributed by atoms with E-state index < -0.39 is 0 Å². The van der Waals surface area contributed by atoms with E-state index in [1.165, 1.54) is 6.92 Å². The highest BCUT2D eigenvalue weighted by atomic mass is 16.2. The second kappa shape index (κ2) is 10.5. The molecule has 9 heteroatoms. The number of anilines is 2. The van der Waals surface area contributed by atoms with E-state index in [9.17, 15) is 9.59 Å². The van der Waals surface area contributed by atoms with Gasteiger partial charge in [0.1, 0.15) is 11.6 Å². The lowest BCUT2D eigenvalue weighted by molar-refractivity contribution is -0.118. The van der Waals surface area contributed by atoms with E-state index in [2.05, 4.69) is 25.5 Å². The van der Waals surface area contributed by atoms with Crippen LogP contribution in [0, 0.1) is 0 Å². The number of hydrogen-bond donors (Lipinski definition) is 2. The van der Waals surface area contributed by atoms with E-state index >= 15 is 0 Å². The van der Waals surface area contributed by atoms with Gasteiger partial charge in [0.2, 0.25) is 5.91 Å². The molecule has 0 atom stereocenters. The number of carbonyl (C=O) groups excluding carboxylic acids is 2. The number of amides is 2. The van der Waals surface area contributed by atoms with E-state index in [1.807, 2.05) is 41.3 Å². The summed E-state index contributed by atoms with van der Waals surface area (Å²) in [6.07, 6.45) is 3.27. The lowest BCUT2D eigenvalue weighted by atomic mass is 10.2. The molecule has 170 valence electrons. The smallest absolute Gasteiger partial charge is 0.254 e. The summed E-state index contributed by atoms with van der Waals surface area (Å²) < 4.78 is 0. The number of piperazine rings is 1. The Morgan fingerprint density at radius 1 is 0.939 bits per heavy atom. The van der Waals surface area contributed by atoms with Crippen LogP contribution in [0.1, 0.15) is 17.3 Å². The molecule has 1 fully saturated rings. The van der Waals surface area contributed by atoms with Crippen LogP contribution in [0.25, 0.3) is 11.4 Å². The molecule has 2 N–H and O–H groups in total. The third-order valence-electron chi connectivity index (χ3n) is 5.37. The van der Waals surface area contributed by atoms with E-state index in [0.717, 1.165) is 11.4 Å². The topological polar surface area (TPSA) is 103 Å². The zero-order chi connectivity index (χ0) is 23.0. The third kappa shape index (κ3) is 5.82. The largest absolute Gasteiger partial charge is 0.368 e. The van der Waals surface area contributed by atoms with E-state index in [0.29, 0.717) is 56.5 Å². The summed E-state index contributed by atoms with van der Waals surface area (Å²) in [5.74, 6) is 2.08. The Morgan fingerprint density at radius 3 is 2.36 bits per heavy atom. The molecule has 2 amide bonds. The highest BCUT2D eigenvalue weighted by Crippen LogP contribution is 2.23. The van der Waals surface area contributed by atoms with Crippen LogP contribution in [0.5, 0.6) is 0 Å². The first-order valence-corrected chi connectivity index (χ1v) is 11.0. The summed E-state index contributed by atoms with van der Waals surface area (Å²) in [5.41, 5.74) is 1.58. The summed E-state index contributed by atoms with van der Waals surface area (Å²) in [4.78, 5) is 41.3. The molecule has 0 unspecified atom stereocenters. The van der Waals surface area contributed by atoms with E-state index in [4.69, 9.17) is 4.98 Å². The van der Waals surface area contributed by atoms with Crippen molar-refractivity contribution in [3.05, 3.63) is 66.5 Å². The van der Waals surface area contributed by atoms with Crippen LogP contribution in [0.15, 0.2) is 60.9 Å². The molecule has 0 saturated carbocycles. The average Bonchev–Trinajstić information content (AvgIpc) is 2.87. The Kier molecular flexibility index (Phi) is 7.09. The molecule has 0 radical (unpaired) electrons. The molecule has 3 aromatic rings. The lowest BCUT2D eigenvalue weighted by Gasteiger charge is -2.35. The summed E-state index contributed by atoms with van der Waals surface area (Å²) in [7, 11) is 0. The first kappa shape index (κ1) is 22.2. The number of rotatable bonds is 7. The Morgan fingerprint density at radius 2 is 1.67 bits per heavy atom. The first-order chi connectivity index (χ1) is 16.1. The summed E-state index contributed by atoms with van der Waals surface area (Å²) in [6.45, 7) is 5.12. The van der Waals surface area contributed by atoms with Crippen molar-refractivity contribution in [1.82, 2.24) is 25.2 Å². The fourth-order valence-electron chi connectivity index (χ4n) is 3.65. The molecule has 1 saturated heterocycles. The van der Waals surface area contributed by atoms with Gasteiger partial charge in [-0.05, 0) is 12.1 Å². The number of hydrogen-bond acceptors (Lipinski definition) is 7. The Hall–Kier alpha value is -4.01. The van der Waals surface area contributed by atoms with Crippen molar-refractivity contribution in [3.63, 3.8) is 0 Å². The van der Waals surface area contributed by atoms with E-state index in [-0.39, 0.29) is 11.8 Å². The summed E-state index contributed by atoms with van der Waals surface area (Å²) in [6, 6.07) is 15.2. The number of nitrogens with zero attached hydrogens (tertiary/aromatic N) is 5. The maximum Gasteiger partial charge on any atom is 0.254 e. The highest BCUT2D eigenvalue weighted by Gasteiger charge is 2.23. The predicted octanol–water partition coefficient (Wildman–Crippen LogP) is 2.05. The van der Waals surface area contributed by atoms with Gasteiger partial charge in [0, 0.05) is 75.8 Å².